The predicted molar refractivity (Wildman–Crippen MR) is 222 cm³/mol. The van der Waals surface area contributed by atoms with Gasteiger partial charge in [0.15, 0.2) is 0 Å². The summed E-state index contributed by atoms with van der Waals surface area (Å²) >= 11 is 1.39. The molecule has 2 unspecified atom stereocenters. The van der Waals surface area contributed by atoms with Crippen LogP contribution in [-0.4, -0.2) is 69.4 Å². The average molecular weight is 816 g/mol. The summed E-state index contributed by atoms with van der Waals surface area (Å²) in [4.78, 5) is 48.0. The Morgan fingerprint density at radius 3 is 2.51 bits per heavy atom. The third kappa shape index (κ3) is 9.81. The Hall–Kier alpha value is -6.06. The molecule has 3 aliphatic rings. The molecule has 0 spiro atoms. The van der Waals surface area contributed by atoms with Crippen molar-refractivity contribution in [2.24, 2.45) is 5.92 Å². The molecule has 0 saturated carbocycles. The number of esters is 1. The van der Waals surface area contributed by atoms with E-state index in [0.29, 0.717) is 39.7 Å². The third-order valence-corrected chi connectivity index (χ3v) is 11.8. The van der Waals surface area contributed by atoms with Crippen LogP contribution in [0.2, 0.25) is 0 Å². The summed E-state index contributed by atoms with van der Waals surface area (Å²) in [5.74, 6) is 0.510. The summed E-state index contributed by atoms with van der Waals surface area (Å²) in [6.45, 7) is 3.87. The molecule has 9 rings (SSSR count). The van der Waals surface area contributed by atoms with E-state index in [-0.39, 0.29) is 42.7 Å². The third-order valence-electron chi connectivity index (χ3n) is 10.9. The fourth-order valence-corrected chi connectivity index (χ4v) is 8.53. The van der Waals surface area contributed by atoms with E-state index in [4.69, 9.17) is 14.2 Å². The lowest BCUT2D eigenvalue weighted by Gasteiger charge is -2.43. The minimum atomic E-state index is -0.889. The zero-order valence-corrected chi connectivity index (χ0v) is 33.0. The second-order valence-corrected chi connectivity index (χ2v) is 16.1. The summed E-state index contributed by atoms with van der Waals surface area (Å²) in [7, 11) is 0. The number of nitrogens with one attached hydrogen (secondary N) is 3. The van der Waals surface area contributed by atoms with Crippen LogP contribution >= 0.6 is 11.3 Å². The van der Waals surface area contributed by atoms with Crippen molar-refractivity contribution in [1.29, 1.82) is 0 Å². The first-order chi connectivity index (χ1) is 28.8. The minimum Gasteiger partial charge on any atom is -0.506 e. The number of pyridine rings is 1. The Labute approximate surface area is 344 Å². The monoisotopic (exact) mass is 815 g/mol. The first-order valence-electron chi connectivity index (χ1n) is 19.7. The van der Waals surface area contributed by atoms with Gasteiger partial charge < -0.3 is 40.0 Å². The molecule has 3 fully saturated rings. The SMILES string of the molecule is O=C(N[C@@H](c1ccccc1)c1cccc(OCc2ccc(C(=O)OCc3ncc(CNCC(O)c4ccc(O)c5[nH]c(=O)ccc45)s3)cc2)c1)OC1CN2CCC1CC2. The minimum absolute atomic E-state index is 0.0152. The first-order valence-corrected chi connectivity index (χ1v) is 20.5. The lowest BCUT2D eigenvalue weighted by molar-refractivity contribution is -0.0336. The van der Waals surface area contributed by atoms with Gasteiger partial charge in [0.25, 0.3) is 0 Å². The normalized spacial score (nSPS) is 18.2. The Balaban J connectivity index is 0.806. The van der Waals surface area contributed by atoms with E-state index in [1.54, 1.807) is 30.5 Å². The molecule has 0 radical (unpaired) electrons. The highest BCUT2D eigenvalue weighted by Gasteiger charge is 2.37. The molecule has 59 heavy (non-hydrogen) atoms. The van der Waals surface area contributed by atoms with E-state index < -0.39 is 24.2 Å². The highest BCUT2D eigenvalue weighted by Crippen LogP contribution is 2.32. The molecule has 3 atom stereocenters. The number of ether oxygens (including phenoxy) is 3. The number of alkyl carbamates (subject to hydrolysis) is 1. The lowest BCUT2D eigenvalue weighted by Crippen LogP contribution is -2.52. The molecule has 3 aliphatic heterocycles. The van der Waals surface area contributed by atoms with E-state index in [2.05, 4.69) is 25.5 Å². The molecule has 304 valence electrons. The Morgan fingerprint density at radius 1 is 0.932 bits per heavy atom. The van der Waals surface area contributed by atoms with Gasteiger partial charge in [-0.3, -0.25) is 9.69 Å². The van der Waals surface area contributed by atoms with Crippen LogP contribution in [0.15, 0.2) is 114 Å². The van der Waals surface area contributed by atoms with Crippen molar-refractivity contribution in [3.63, 3.8) is 0 Å². The van der Waals surface area contributed by atoms with Crippen molar-refractivity contribution in [2.45, 2.75) is 50.8 Å². The zero-order chi connectivity index (χ0) is 40.7. The van der Waals surface area contributed by atoms with Gasteiger partial charge in [0.1, 0.15) is 35.8 Å². The molecule has 5 N–H and O–H groups in total. The molecule has 6 aromatic rings. The van der Waals surface area contributed by atoms with Crippen molar-refractivity contribution in [2.75, 3.05) is 26.2 Å². The van der Waals surface area contributed by atoms with Crippen molar-refractivity contribution in [3.8, 4) is 11.5 Å². The number of nitrogens with zero attached hydrogens (tertiary/aromatic N) is 2. The number of carbonyl (C=O) groups is 2. The van der Waals surface area contributed by atoms with Crippen LogP contribution in [0, 0.1) is 5.92 Å². The van der Waals surface area contributed by atoms with Crippen LogP contribution in [0.5, 0.6) is 11.5 Å². The molecular weight excluding hydrogens is 771 g/mol. The van der Waals surface area contributed by atoms with Crippen LogP contribution < -0.4 is 20.9 Å². The summed E-state index contributed by atoms with van der Waals surface area (Å²) in [5.41, 5.74) is 3.56. The number of aliphatic hydroxyl groups is 1. The van der Waals surface area contributed by atoms with Crippen LogP contribution in [-0.2, 0) is 29.2 Å². The van der Waals surface area contributed by atoms with Crippen molar-refractivity contribution in [3.05, 3.63) is 157 Å². The van der Waals surface area contributed by atoms with Gasteiger partial charge in [0, 0.05) is 42.2 Å². The fraction of sp³-hybridized carbons (Fsp3) is 0.289. The number of benzene rings is 4. The van der Waals surface area contributed by atoms with Gasteiger partial charge in [-0.2, -0.15) is 0 Å². The van der Waals surface area contributed by atoms with Gasteiger partial charge in [0.2, 0.25) is 5.56 Å². The molecule has 3 saturated heterocycles. The largest absolute Gasteiger partial charge is 0.506 e. The number of aliphatic hydroxyl groups excluding tert-OH is 1. The van der Waals surface area contributed by atoms with Crippen LogP contribution in [0.4, 0.5) is 4.79 Å². The number of fused-ring (bicyclic) bond motifs is 4. The van der Waals surface area contributed by atoms with Gasteiger partial charge in [-0.25, -0.2) is 14.6 Å². The van der Waals surface area contributed by atoms with E-state index in [0.717, 1.165) is 54.0 Å². The number of H-pyrrole nitrogens is 1. The number of amides is 1. The summed E-state index contributed by atoms with van der Waals surface area (Å²) in [6.07, 6.45) is 2.41. The quantitative estimate of drug-likeness (QED) is 0.0730. The number of aromatic hydroxyl groups is 1. The average Bonchev–Trinajstić information content (AvgIpc) is 3.72. The van der Waals surface area contributed by atoms with Gasteiger partial charge in [-0.1, -0.05) is 60.7 Å². The van der Waals surface area contributed by atoms with Crippen molar-refractivity contribution < 1.29 is 34.0 Å². The number of thiazole rings is 1. The number of rotatable bonds is 15. The maximum Gasteiger partial charge on any atom is 0.408 e. The van der Waals surface area contributed by atoms with Gasteiger partial charge in [0.05, 0.1) is 23.2 Å². The van der Waals surface area contributed by atoms with Gasteiger partial charge >= 0.3 is 12.1 Å². The highest BCUT2D eigenvalue weighted by molar-refractivity contribution is 7.11. The number of carbonyl (C=O) groups excluding carboxylic acids is 2. The number of aromatic nitrogens is 2. The van der Waals surface area contributed by atoms with Crippen molar-refractivity contribution >= 4 is 34.3 Å². The Kier molecular flexibility index (Phi) is 12.3. The number of aromatic amines is 1. The predicted octanol–water partition coefficient (Wildman–Crippen LogP) is 6.36. The smallest absolute Gasteiger partial charge is 0.408 e. The number of phenolic OH excluding ortho intramolecular Hbond substituents is 1. The first kappa shape index (κ1) is 39.8. The number of hydrogen-bond donors (Lipinski definition) is 5. The van der Waals surface area contributed by atoms with E-state index in [1.165, 1.54) is 23.5 Å². The second-order valence-electron chi connectivity index (χ2n) is 14.9. The molecular formula is C45H45N5O8S. The maximum absolute atomic E-state index is 13.2. The topological polar surface area (TPSA) is 175 Å². The second kappa shape index (κ2) is 18.2. The molecule has 5 heterocycles. The standard InChI is InChI=1S/C45H45N5O8S/c51-37-15-13-35(36-14-16-40(53)48-43(36)37)38(52)24-46-22-34-23-47-41(59-34)27-57-44(54)31-11-9-28(10-12-31)26-56-33-8-4-7-32(21-33)42(30-5-2-1-3-6-30)49-45(55)58-39-25-50-19-17-29(39)18-20-50/h1-16,21,23,29,38-39,42,46,51-52H,17-20,22,24-27H2,(H,48,53)(H,49,55)/t38?,39?,42-/m0/s1. The summed E-state index contributed by atoms with van der Waals surface area (Å²) in [6, 6.07) is 30.1. The van der Waals surface area contributed by atoms with Gasteiger partial charge in [-0.15, -0.1) is 11.3 Å². The Morgan fingerprint density at radius 2 is 1.73 bits per heavy atom. The molecule has 14 heteroatoms. The highest BCUT2D eigenvalue weighted by atomic mass is 32.1. The summed E-state index contributed by atoms with van der Waals surface area (Å²) in [5, 5.41) is 28.5. The number of piperidine rings is 3. The fourth-order valence-electron chi connectivity index (χ4n) is 7.72. The van der Waals surface area contributed by atoms with Crippen LogP contribution in [0.1, 0.15) is 67.5 Å². The molecule has 13 nitrogen and oxygen atoms in total. The van der Waals surface area contributed by atoms with Crippen molar-refractivity contribution in [1.82, 2.24) is 25.5 Å². The molecule has 0 aliphatic carbocycles. The summed E-state index contributed by atoms with van der Waals surface area (Å²) < 4.78 is 17.7. The molecule has 2 aromatic heterocycles. The molecule has 1 amide bonds. The zero-order valence-electron chi connectivity index (χ0n) is 32.2. The van der Waals surface area contributed by atoms with Crippen LogP contribution in [0.3, 0.4) is 0 Å². The molecule has 2 bridgehead atoms. The van der Waals surface area contributed by atoms with E-state index >= 15 is 0 Å². The van der Waals surface area contributed by atoms with Gasteiger partial charge in [-0.05, 0) is 90.5 Å². The van der Waals surface area contributed by atoms with E-state index in [9.17, 15) is 24.6 Å². The lowest BCUT2D eigenvalue weighted by atomic mass is 9.86. The maximum atomic E-state index is 13.2. The van der Waals surface area contributed by atoms with Crippen LogP contribution in [0.25, 0.3) is 10.9 Å². The van der Waals surface area contributed by atoms with E-state index in [1.807, 2.05) is 66.7 Å². The Bertz CT molecular complexity index is 2450. The molecule has 4 aromatic carbocycles. The number of hydrogen-bond acceptors (Lipinski definition) is 12. The number of phenols is 1.